The monoisotopic (exact) mass is 296 g/mol. The number of ether oxygens (including phenoxy) is 1. The number of hydrogen-bond donors (Lipinski definition) is 2. The lowest BCUT2D eigenvalue weighted by molar-refractivity contribution is -0.126. The van der Waals surface area contributed by atoms with Crippen molar-refractivity contribution < 1.29 is 14.3 Å². The van der Waals surface area contributed by atoms with E-state index in [2.05, 4.69) is 31.4 Å². The molecule has 1 aliphatic carbocycles. The van der Waals surface area contributed by atoms with Crippen LogP contribution in [0.4, 0.5) is 0 Å². The molecule has 0 spiro atoms. The summed E-state index contributed by atoms with van der Waals surface area (Å²) in [6.07, 6.45) is 4.70. The maximum Gasteiger partial charge on any atom is 0.222 e. The largest absolute Gasteiger partial charge is 0.380 e. The van der Waals surface area contributed by atoms with Crippen molar-refractivity contribution in [2.24, 2.45) is 5.92 Å². The SMILES string of the molecule is CC12CCC(CC1)C(C)(C)NC(=O)CCOCCC(=O)N2. The maximum atomic E-state index is 12.0. The number of carbonyl (C=O) groups excluding carboxylic acids is 2. The van der Waals surface area contributed by atoms with Crippen LogP contribution in [0, 0.1) is 5.92 Å². The first-order chi connectivity index (χ1) is 9.81. The first-order valence-electron chi connectivity index (χ1n) is 8.00. The predicted octanol–water partition coefficient (Wildman–Crippen LogP) is 1.76. The fourth-order valence-electron chi connectivity index (χ4n) is 3.46. The molecule has 0 aromatic carbocycles. The third-order valence-corrected chi connectivity index (χ3v) is 4.96. The minimum Gasteiger partial charge on any atom is -0.380 e. The zero-order valence-corrected chi connectivity index (χ0v) is 13.5. The van der Waals surface area contributed by atoms with Gasteiger partial charge in [0.15, 0.2) is 0 Å². The zero-order chi connectivity index (χ0) is 15.5. The normalized spacial score (nSPS) is 34.7. The molecule has 3 rings (SSSR count). The van der Waals surface area contributed by atoms with Crippen LogP contribution in [0.15, 0.2) is 0 Å². The highest BCUT2D eigenvalue weighted by Crippen LogP contribution is 2.37. The van der Waals surface area contributed by atoms with E-state index < -0.39 is 0 Å². The second kappa shape index (κ2) is 6.34. The maximum absolute atomic E-state index is 12.0. The summed E-state index contributed by atoms with van der Waals surface area (Å²) in [5, 5.41) is 6.32. The van der Waals surface area contributed by atoms with E-state index in [9.17, 15) is 9.59 Å². The van der Waals surface area contributed by atoms with Crippen molar-refractivity contribution in [3.05, 3.63) is 0 Å². The van der Waals surface area contributed by atoms with E-state index in [4.69, 9.17) is 4.74 Å². The van der Waals surface area contributed by atoms with E-state index in [0.29, 0.717) is 32.0 Å². The van der Waals surface area contributed by atoms with E-state index >= 15 is 0 Å². The lowest BCUT2D eigenvalue weighted by Crippen LogP contribution is -2.54. The van der Waals surface area contributed by atoms with Crippen LogP contribution >= 0.6 is 0 Å². The molecule has 120 valence electrons. The first kappa shape index (κ1) is 16.3. The van der Waals surface area contributed by atoms with Crippen LogP contribution in [0.1, 0.15) is 59.3 Å². The molecule has 0 radical (unpaired) electrons. The standard InChI is InChI=1S/C16H28N2O3/c1-15(2)12-4-8-16(3,9-5-12)18-14(20)7-11-21-10-6-13(19)17-15/h12H,4-11H2,1-3H3,(H,17,19)(H,18,20). The molecular weight excluding hydrogens is 268 g/mol. The van der Waals surface area contributed by atoms with Gasteiger partial charge in [0.05, 0.1) is 13.2 Å². The summed E-state index contributed by atoms with van der Waals surface area (Å²) in [6, 6.07) is 0. The Morgan fingerprint density at radius 1 is 0.952 bits per heavy atom. The van der Waals surface area contributed by atoms with Crippen LogP contribution in [0.2, 0.25) is 0 Å². The molecule has 2 saturated heterocycles. The van der Waals surface area contributed by atoms with Gasteiger partial charge in [-0.3, -0.25) is 9.59 Å². The van der Waals surface area contributed by atoms with Gasteiger partial charge in [-0.1, -0.05) is 0 Å². The van der Waals surface area contributed by atoms with E-state index in [1.807, 2.05) is 0 Å². The summed E-state index contributed by atoms with van der Waals surface area (Å²) in [7, 11) is 0. The second-order valence-corrected chi connectivity index (χ2v) is 7.27. The number of carbonyl (C=O) groups is 2. The van der Waals surface area contributed by atoms with Crippen molar-refractivity contribution in [3.8, 4) is 0 Å². The molecule has 0 unspecified atom stereocenters. The number of rotatable bonds is 0. The van der Waals surface area contributed by atoms with Crippen LogP contribution < -0.4 is 10.6 Å². The topological polar surface area (TPSA) is 67.4 Å². The number of hydrogen-bond acceptors (Lipinski definition) is 3. The first-order valence-corrected chi connectivity index (χ1v) is 8.00. The fraction of sp³-hybridized carbons (Fsp3) is 0.875. The number of nitrogens with one attached hydrogen (secondary N) is 2. The molecule has 2 aliphatic heterocycles. The number of fused-ring (bicyclic) bond motifs is 11. The van der Waals surface area contributed by atoms with Gasteiger partial charge in [-0.15, -0.1) is 0 Å². The van der Waals surface area contributed by atoms with Crippen LogP contribution in [0.25, 0.3) is 0 Å². The molecule has 2 amide bonds. The molecule has 1 saturated carbocycles. The van der Waals surface area contributed by atoms with Gasteiger partial charge in [0.2, 0.25) is 11.8 Å². The Balaban J connectivity index is 2.08. The Hall–Kier alpha value is -1.10. The quantitative estimate of drug-likeness (QED) is 0.716. The summed E-state index contributed by atoms with van der Waals surface area (Å²) in [4.78, 5) is 24.0. The summed E-state index contributed by atoms with van der Waals surface area (Å²) in [5.41, 5.74) is -0.315. The van der Waals surface area contributed by atoms with Crippen LogP contribution in [-0.4, -0.2) is 36.1 Å². The van der Waals surface area contributed by atoms with Gasteiger partial charge in [-0.2, -0.15) is 0 Å². The summed E-state index contributed by atoms with van der Waals surface area (Å²) >= 11 is 0. The molecule has 2 bridgehead atoms. The second-order valence-electron chi connectivity index (χ2n) is 7.27. The molecule has 5 nitrogen and oxygen atoms in total. The molecule has 0 atom stereocenters. The van der Waals surface area contributed by atoms with Crippen molar-refractivity contribution in [3.63, 3.8) is 0 Å². The Morgan fingerprint density at radius 2 is 1.48 bits per heavy atom. The van der Waals surface area contributed by atoms with E-state index in [-0.39, 0.29) is 22.9 Å². The Kier molecular flexibility index (Phi) is 4.91. The van der Waals surface area contributed by atoms with Gasteiger partial charge in [-0.05, 0) is 52.4 Å². The molecule has 3 fully saturated rings. The molecular formula is C16H28N2O3. The van der Waals surface area contributed by atoms with Crippen molar-refractivity contribution >= 4 is 11.8 Å². The predicted molar refractivity (Wildman–Crippen MR) is 80.8 cm³/mol. The van der Waals surface area contributed by atoms with Gasteiger partial charge in [0.1, 0.15) is 0 Å². The highest BCUT2D eigenvalue weighted by atomic mass is 16.5. The van der Waals surface area contributed by atoms with E-state index in [0.717, 1.165) is 25.7 Å². The minimum absolute atomic E-state index is 0.0369. The van der Waals surface area contributed by atoms with Crippen molar-refractivity contribution in [2.75, 3.05) is 13.2 Å². The molecule has 0 aromatic rings. The fourth-order valence-corrected chi connectivity index (χ4v) is 3.46. The van der Waals surface area contributed by atoms with Gasteiger partial charge >= 0.3 is 0 Å². The minimum atomic E-state index is -0.202. The molecule has 2 heterocycles. The summed E-state index contributed by atoms with van der Waals surface area (Å²) in [6.45, 7) is 7.07. The van der Waals surface area contributed by atoms with E-state index in [1.54, 1.807) is 0 Å². The van der Waals surface area contributed by atoms with Crippen molar-refractivity contribution in [1.82, 2.24) is 10.6 Å². The molecule has 5 heteroatoms. The van der Waals surface area contributed by atoms with Crippen LogP contribution in [0.5, 0.6) is 0 Å². The van der Waals surface area contributed by atoms with Gasteiger partial charge < -0.3 is 15.4 Å². The van der Waals surface area contributed by atoms with Gasteiger partial charge in [-0.25, -0.2) is 0 Å². The zero-order valence-electron chi connectivity index (χ0n) is 13.5. The van der Waals surface area contributed by atoms with Gasteiger partial charge in [0.25, 0.3) is 0 Å². The summed E-state index contributed by atoms with van der Waals surface area (Å²) in [5.74, 6) is 0.543. The van der Waals surface area contributed by atoms with Crippen LogP contribution in [0.3, 0.4) is 0 Å². The van der Waals surface area contributed by atoms with Crippen LogP contribution in [-0.2, 0) is 14.3 Å². The summed E-state index contributed by atoms with van der Waals surface area (Å²) < 4.78 is 5.38. The Morgan fingerprint density at radius 3 is 2.05 bits per heavy atom. The van der Waals surface area contributed by atoms with Crippen molar-refractivity contribution in [1.29, 1.82) is 0 Å². The average molecular weight is 296 g/mol. The highest BCUT2D eigenvalue weighted by molar-refractivity contribution is 5.77. The van der Waals surface area contributed by atoms with Crippen molar-refractivity contribution in [2.45, 2.75) is 70.4 Å². The third kappa shape index (κ3) is 4.43. The third-order valence-electron chi connectivity index (χ3n) is 4.96. The van der Waals surface area contributed by atoms with E-state index in [1.165, 1.54) is 0 Å². The molecule has 0 aromatic heterocycles. The van der Waals surface area contributed by atoms with Gasteiger partial charge in [0, 0.05) is 23.9 Å². The number of amides is 2. The Labute approximate surface area is 127 Å². The average Bonchev–Trinajstić information content (AvgIpc) is 2.36. The smallest absolute Gasteiger partial charge is 0.222 e. The molecule has 3 aliphatic rings. The highest BCUT2D eigenvalue weighted by Gasteiger charge is 2.39. The Bertz CT molecular complexity index is 398. The lowest BCUT2D eigenvalue weighted by Gasteiger charge is -2.44. The molecule has 21 heavy (non-hydrogen) atoms. The molecule has 2 N–H and O–H groups in total. The lowest BCUT2D eigenvalue weighted by atomic mass is 9.70.